The number of nitrogens with zero attached hydrogens (tertiary/aromatic N) is 3. The van der Waals surface area contributed by atoms with Gasteiger partial charge in [-0.2, -0.15) is 5.26 Å². The van der Waals surface area contributed by atoms with Crippen LogP contribution in [0, 0.1) is 25.2 Å². The molecule has 0 bridgehead atoms. The first-order valence-corrected chi connectivity index (χ1v) is 11.8. The van der Waals surface area contributed by atoms with Gasteiger partial charge in [0.15, 0.2) is 0 Å². The maximum Gasteiger partial charge on any atom is 0.262 e. The largest absolute Gasteiger partial charge is 0.383 e. The number of hydrogen-bond donors (Lipinski definition) is 1. The Hall–Kier alpha value is -2.59. The van der Waals surface area contributed by atoms with E-state index >= 15 is 0 Å². The fraction of sp³-hybridized carbons (Fsp3) is 0.462. The lowest BCUT2D eigenvalue weighted by Crippen LogP contribution is -2.44. The number of nitrogens with one attached hydrogen (secondary N) is 1. The van der Waals surface area contributed by atoms with E-state index in [0.29, 0.717) is 6.61 Å². The Kier molecular flexibility index (Phi) is 8.74. The van der Waals surface area contributed by atoms with Gasteiger partial charge in [-0.05, 0) is 69.0 Å². The molecule has 1 atom stereocenters. The molecule has 6 nitrogen and oxygen atoms in total. The van der Waals surface area contributed by atoms with Crippen LogP contribution in [0.4, 0.5) is 0 Å². The summed E-state index contributed by atoms with van der Waals surface area (Å²) in [4.78, 5) is 15.2. The van der Waals surface area contributed by atoms with Crippen molar-refractivity contribution in [1.82, 2.24) is 14.8 Å². The predicted molar refractivity (Wildman–Crippen MR) is 132 cm³/mol. The standard InChI is InChI=1S/C26H33ClN4O2/c1-18-13-22(20(3)31(18)19(2)17-33-4)14-23(15-28)26(32)29-25-9-11-30(12-10-25)16-21-5-7-24(27)8-6-21/h5-8,13-14,19,25H,9-12,16-17H2,1-4H3,(H,29,32)/b23-14-. The molecule has 1 aromatic carbocycles. The summed E-state index contributed by atoms with van der Waals surface area (Å²) in [5.41, 5.74) is 4.36. The van der Waals surface area contributed by atoms with Crippen molar-refractivity contribution in [2.24, 2.45) is 0 Å². The lowest BCUT2D eigenvalue weighted by Gasteiger charge is -2.32. The number of halogens is 1. The van der Waals surface area contributed by atoms with Crippen LogP contribution in [-0.2, 0) is 16.1 Å². The molecule has 1 fully saturated rings. The molecule has 1 unspecified atom stereocenters. The third-order valence-electron chi connectivity index (χ3n) is 6.28. The van der Waals surface area contributed by atoms with Gasteiger partial charge in [0.25, 0.3) is 5.91 Å². The van der Waals surface area contributed by atoms with E-state index in [2.05, 4.69) is 27.8 Å². The molecule has 2 aromatic rings. The topological polar surface area (TPSA) is 70.3 Å². The van der Waals surface area contributed by atoms with Gasteiger partial charge >= 0.3 is 0 Å². The second-order valence-electron chi connectivity index (χ2n) is 8.82. The molecule has 0 aliphatic carbocycles. The van der Waals surface area contributed by atoms with Crippen LogP contribution in [0.5, 0.6) is 0 Å². The number of likely N-dealkylation sites (tertiary alicyclic amines) is 1. The molecule has 0 radical (unpaired) electrons. The fourth-order valence-corrected chi connectivity index (χ4v) is 4.72. The Morgan fingerprint density at radius 3 is 2.58 bits per heavy atom. The van der Waals surface area contributed by atoms with Crippen molar-refractivity contribution in [3.8, 4) is 6.07 Å². The van der Waals surface area contributed by atoms with Crippen LogP contribution in [-0.4, -0.2) is 48.2 Å². The van der Waals surface area contributed by atoms with Crippen molar-refractivity contribution < 1.29 is 9.53 Å². The van der Waals surface area contributed by atoms with Gasteiger partial charge in [-0.25, -0.2) is 0 Å². The minimum Gasteiger partial charge on any atom is -0.383 e. The first-order valence-electron chi connectivity index (χ1n) is 11.4. The molecule has 33 heavy (non-hydrogen) atoms. The molecule has 2 heterocycles. The maximum atomic E-state index is 12.8. The number of amides is 1. The molecule has 0 saturated carbocycles. The van der Waals surface area contributed by atoms with E-state index in [-0.39, 0.29) is 23.6 Å². The van der Waals surface area contributed by atoms with Crippen molar-refractivity contribution in [3.05, 3.63) is 63.4 Å². The van der Waals surface area contributed by atoms with Gasteiger partial charge in [0, 0.05) is 49.2 Å². The van der Waals surface area contributed by atoms with Crippen LogP contribution >= 0.6 is 11.6 Å². The number of piperidine rings is 1. The summed E-state index contributed by atoms with van der Waals surface area (Å²) in [6.07, 6.45) is 3.42. The Morgan fingerprint density at radius 2 is 1.97 bits per heavy atom. The number of rotatable bonds is 8. The molecule has 3 rings (SSSR count). The zero-order valence-electron chi connectivity index (χ0n) is 19.9. The van der Waals surface area contributed by atoms with Gasteiger partial charge in [-0.3, -0.25) is 9.69 Å². The summed E-state index contributed by atoms with van der Waals surface area (Å²) >= 11 is 5.97. The minimum absolute atomic E-state index is 0.0740. The van der Waals surface area contributed by atoms with Gasteiger partial charge in [0.2, 0.25) is 0 Å². The van der Waals surface area contributed by atoms with E-state index in [9.17, 15) is 10.1 Å². The summed E-state index contributed by atoms with van der Waals surface area (Å²) < 4.78 is 7.47. The highest BCUT2D eigenvalue weighted by Crippen LogP contribution is 2.23. The number of ether oxygens (including phenoxy) is 1. The van der Waals surface area contributed by atoms with E-state index < -0.39 is 0 Å². The quantitative estimate of drug-likeness (QED) is 0.452. The van der Waals surface area contributed by atoms with E-state index in [1.165, 1.54) is 5.56 Å². The molecule has 1 aromatic heterocycles. The highest BCUT2D eigenvalue weighted by Gasteiger charge is 2.23. The van der Waals surface area contributed by atoms with Crippen molar-refractivity contribution in [3.63, 3.8) is 0 Å². The van der Waals surface area contributed by atoms with Crippen LogP contribution < -0.4 is 5.32 Å². The third kappa shape index (κ3) is 6.48. The van der Waals surface area contributed by atoms with Gasteiger partial charge in [-0.15, -0.1) is 0 Å². The highest BCUT2D eigenvalue weighted by molar-refractivity contribution is 6.30. The first kappa shape index (κ1) is 25.0. The molecular weight excluding hydrogens is 436 g/mol. The Balaban J connectivity index is 1.59. The normalized spacial score (nSPS) is 16.4. The average molecular weight is 469 g/mol. The van der Waals surface area contributed by atoms with E-state index in [1.54, 1.807) is 13.2 Å². The molecule has 7 heteroatoms. The molecular formula is C26H33ClN4O2. The van der Waals surface area contributed by atoms with Gasteiger partial charge in [0.05, 0.1) is 12.6 Å². The lowest BCUT2D eigenvalue weighted by molar-refractivity contribution is -0.118. The van der Waals surface area contributed by atoms with Crippen LogP contribution in [0.2, 0.25) is 5.02 Å². The van der Waals surface area contributed by atoms with Gasteiger partial charge in [-0.1, -0.05) is 23.7 Å². The zero-order valence-corrected chi connectivity index (χ0v) is 20.7. The number of aromatic nitrogens is 1. The molecule has 1 N–H and O–H groups in total. The third-order valence-corrected chi connectivity index (χ3v) is 6.53. The highest BCUT2D eigenvalue weighted by atomic mass is 35.5. The number of hydrogen-bond acceptors (Lipinski definition) is 4. The van der Waals surface area contributed by atoms with Crippen LogP contribution in [0.1, 0.15) is 48.3 Å². The van der Waals surface area contributed by atoms with Gasteiger partial charge < -0.3 is 14.6 Å². The molecule has 1 saturated heterocycles. The number of carbonyl (C=O) groups excluding carboxylic acids is 1. The number of aryl methyl sites for hydroxylation is 1. The van der Waals surface area contributed by atoms with E-state index in [4.69, 9.17) is 16.3 Å². The number of carbonyl (C=O) groups is 1. The molecule has 1 aliphatic heterocycles. The number of benzene rings is 1. The van der Waals surface area contributed by atoms with Crippen LogP contribution in [0.3, 0.4) is 0 Å². The zero-order chi connectivity index (χ0) is 24.0. The molecule has 1 aliphatic rings. The van der Waals surface area contributed by atoms with E-state index in [1.807, 2.05) is 44.2 Å². The summed E-state index contributed by atoms with van der Waals surface area (Å²) in [6, 6.07) is 12.3. The van der Waals surface area contributed by atoms with Crippen LogP contribution in [0.25, 0.3) is 6.08 Å². The smallest absolute Gasteiger partial charge is 0.262 e. The monoisotopic (exact) mass is 468 g/mol. The van der Waals surface area contributed by atoms with Crippen LogP contribution in [0.15, 0.2) is 35.9 Å². The summed E-state index contributed by atoms with van der Waals surface area (Å²) in [6.45, 7) is 9.40. The molecule has 1 amide bonds. The summed E-state index contributed by atoms with van der Waals surface area (Å²) in [5.74, 6) is -0.302. The molecule has 176 valence electrons. The first-order chi connectivity index (χ1) is 15.8. The lowest BCUT2D eigenvalue weighted by atomic mass is 10.0. The number of methoxy groups -OCH3 is 1. The second-order valence-corrected chi connectivity index (χ2v) is 9.26. The number of nitriles is 1. The predicted octanol–water partition coefficient (Wildman–Crippen LogP) is 4.65. The minimum atomic E-state index is -0.302. The van der Waals surface area contributed by atoms with Crippen molar-refractivity contribution in [2.45, 2.75) is 52.2 Å². The van der Waals surface area contributed by atoms with Crippen molar-refractivity contribution in [2.75, 3.05) is 26.8 Å². The maximum absolute atomic E-state index is 12.8. The van der Waals surface area contributed by atoms with Crippen molar-refractivity contribution in [1.29, 1.82) is 5.26 Å². The van der Waals surface area contributed by atoms with Crippen molar-refractivity contribution >= 4 is 23.6 Å². The summed E-state index contributed by atoms with van der Waals surface area (Å²) in [7, 11) is 1.69. The summed E-state index contributed by atoms with van der Waals surface area (Å²) in [5, 5.41) is 13.5. The second kappa shape index (κ2) is 11.5. The Morgan fingerprint density at radius 1 is 1.30 bits per heavy atom. The Labute approximate surface area is 201 Å². The van der Waals surface area contributed by atoms with E-state index in [0.717, 1.165) is 54.4 Å². The molecule has 0 spiro atoms. The average Bonchev–Trinajstić information content (AvgIpc) is 3.07. The Bertz CT molecular complexity index is 1030. The van der Waals surface area contributed by atoms with Gasteiger partial charge in [0.1, 0.15) is 11.6 Å². The SMILES string of the molecule is COCC(C)n1c(C)cc(/C=C(/C#N)C(=O)NC2CCN(Cc3ccc(Cl)cc3)CC2)c1C. The fourth-order valence-electron chi connectivity index (χ4n) is 4.59.